The third kappa shape index (κ3) is 3.80. The molecule has 0 aliphatic carbocycles. The molecular weight excluding hydrogens is 366 g/mol. The highest BCUT2D eigenvalue weighted by molar-refractivity contribution is 7.88. The van der Waals surface area contributed by atoms with Gasteiger partial charge in [0, 0.05) is 38.3 Å². The first-order chi connectivity index (χ1) is 12.8. The number of sulfonamides is 1. The zero-order valence-corrected chi connectivity index (χ0v) is 16.7. The number of aromatic nitrogens is 2. The van der Waals surface area contributed by atoms with Crippen LogP contribution in [0.4, 0.5) is 5.82 Å². The number of hydrogen-bond acceptors (Lipinski definition) is 6. The number of anilines is 1. The molecule has 3 aliphatic heterocycles. The van der Waals surface area contributed by atoms with Gasteiger partial charge < -0.3 is 9.80 Å². The van der Waals surface area contributed by atoms with Crippen molar-refractivity contribution in [1.29, 1.82) is 0 Å². The van der Waals surface area contributed by atoms with Crippen molar-refractivity contribution < 1.29 is 13.2 Å². The minimum absolute atomic E-state index is 0.0977. The maximum atomic E-state index is 12.7. The summed E-state index contributed by atoms with van der Waals surface area (Å²) in [5.74, 6) is 2.47. The van der Waals surface area contributed by atoms with Gasteiger partial charge in [0.25, 0.3) is 0 Å². The zero-order valence-electron chi connectivity index (χ0n) is 15.8. The first kappa shape index (κ1) is 18.6. The Morgan fingerprint density at radius 3 is 2.81 bits per heavy atom. The summed E-state index contributed by atoms with van der Waals surface area (Å²) in [6, 6.07) is 2.03. The van der Waals surface area contributed by atoms with E-state index in [4.69, 9.17) is 0 Å². The summed E-state index contributed by atoms with van der Waals surface area (Å²) in [5, 5.41) is 0. The average molecular weight is 394 g/mol. The third-order valence-corrected chi connectivity index (χ3v) is 6.83. The fraction of sp³-hybridized carbons (Fsp3) is 0.722. The molecule has 4 rings (SSSR count). The normalized spacial score (nSPS) is 31.0. The summed E-state index contributed by atoms with van der Waals surface area (Å²) in [6.45, 7) is 3.83. The first-order valence-electron chi connectivity index (χ1n) is 9.62. The number of fused-ring (bicyclic) bond motifs is 4. The van der Waals surface area contributed by atoms with Gasteiger partial charge in [-0.05, 0) is 44.1 Å². The topological polar surface area (TPSA) is 95.5 Å². The summed E-state index contributed by atoms with van der Waals surface area (Å²) in [4.78, 5) is 25.8. The third-order valence-electron chi connectivity index (χ3n) is 6.14. The molecule has 1 N–H and O–H groups in total. The van der Waals surface area contributed by atoms with Gasteiger partial charge in [-0.15, -0.1) is 0 Å². The van der Waals surface area contributed by atoms with Gasteiger partial charge in [-0.3, -0.25) is 4.79 Å². The van der Waals surface area contributed by atoms with Crippen LogP contribution in [0.5, 0.6) is 0 Å². The van der Waals surface area contributed by atoms with Gasteiger partial charge in [0.2, 0.25) is 15.9 Å². The number of piperidine rings is 3. The number of aryl methyl sites for hydroxylation is 1. The van der Waals surface area contributed by atoms with Crippen LogP contribution in [-0.2, 0) is 14.8 Å². The molecule has 1 amide bonds. The van der Waals surface area contributed by atoms with E-state index in [2.05, 4.69) is 19.6 Å². The first-order valence-corrected chi connectivity index (χ1v) is 11.5. The second kappa shape index (κ2) is 7.01. The number of nitrogens with one attached hydrogen (secondary N) is 1. The minimum Gasteiger partial charge on any atom is -0.356 e. The van der Waals surface area contributed by atoms with Crippen molar-refractivity contribution in [2.75, 3.05) is 30.8 Å². The quantitative estimate of drug-likeness (QED) is 0.802. The van der Waals surface area contributed by atoms with E-state index >= 15 is 0 Å². The van der Waals surface area contributed by atoms with Crippen LogP contribution >= 0.6 is 0 Å². The molecule has 4 atom stereocenters. The van der Waals surface area contributed by atoms with Gasteiger partial charge in [-0.25, -0.2) is 23.1 Å². The van der Waals surface area contributed by atoms with Crippen LogP contribution in [0.3, 0.4) is 0 Å². The Labute approximate surface area is 160 Å². The van der Waals surface area contributed by atoms with Crippen molar-refractivity contribution in [3.63, 3.8) is 0 Å². The largest absolute Gasteiger partial charge is 0.356 e. The molecule has 148 valence electrons. The number of carbonyl (C=O) groups is 1. The van der Waals surface area contributed by atoms with Crippen LogP contribution in [-0.4, -0.2) is 67.2 Å². The van der Waals surface area contributed by atoms with Crippen molar-refractivity contribution in [2.45, 2.75) is 44.7 Å². The van der Waals surface area contributed by atoms with Crippen LogP contribution < -0.4 is 9.62 Å². The molecule has 2 bridgehead atoms. The fourth-order valence-electron chi connectivity index (χ4n) is 5.08. The summed E-state index contributed by atoms with van der Waals surface area (Å²) in [5.41, 5.74) is 0. The Bertz CT molecular complexity index is 830. The predicted molar refractivity (Wildman–Crippen MR) is 102 cm³/mol. The van der Waals surface area contributed by atoms with Crippen molar-refractivity contribution >= 4 is 21.7 Å². The molecule has 3 aliphatic rings. The Kier molecular flexibility index (Phi) is 4.84. The molecule has 3 saturated heterocycles. The second-order valence-corrected chi connectivity index (χ2v) is 9.90. The second-order valence-electron chi connectivity index (χ2n) is 8.07. The van der Waals surface area contributed by atoms with E-state index < -0.39 is 10.0 Å². The van der Waals surface area contributed by atoms with E-state index in [0.717, 1.165) is 44.0 Å². The van der Waals surface area contributed by atoms with Crippen LogP contribution in [0.1, 0.15) is 31.5 Å². The molecule has 9 heteroatoms. The number of carbonyl (C=O) groups excluding carboxylic acids is 1. The number of hydrogen-bond donors (Lipinski definition) is 1. The Balaban J connectivity index is 1.62. The van der Waals surface area contributed by atoms with Crippen molar-refractivity contribution in [3.8, 4) is 0 Å². The standard InChI is InChI=1S/C18H27N5O3S/c1-12-19-7-6-17(21-12)22-10-13-8-14(11-22)16(9-20-27(2,25)26)23-15(13)4-3-5-18(23)24/h6-7,13-16,20H,3-5,8-11H2,1-2H3/t13-,14+,15+,16+/m1/s1. The molecule has 0 unspecified atom stereocenters. The van der Waals surface area contributed by atoms with E-state index in [0.29, 0.717) is 12.3 Å². The lowest BCUT2D eigenvalue weighted by molar-refractivity contribution is -0.148. The van der Waals surface area contributed by atoms with Crippen LogP contribution in [0, 0.1) is 18.8 Å². The molecule has 1 aromatic rings. The molecule has 3 fully saturated rings. The van der Waals surface area contributed by atoms with Crippen molar-refractivity contribution in [3.05, 3.63) is 18.1 Å². The van der Waals surface area contributed by atoms with E-state index in [1.807, 2.05) is 17.9 Å². The molecule has 27 heavy (non-hydrogen) atoms. The van der Waals surface area contributed by atoms with E-state index in [9.17, 15) is 13.2 Å². The van der Waals surface area contributed by atoms with Crippen molar-refractivity contribution in [1.82, 2.24) is 19.6 Å². The molecule has 1 aromatic heterocycles. The van der Waals surface area contributed by atoms with Crippen LogP contribution in [0.15, 0.2) is 12.3 Å². The lowest BCUT2D eigenvalue weighted by atomic mass is 9.72. The summed E-state index contributed by atoms with van der Waals surface area (Å²) >= 11 is 0. The maximum Gasteiger partial charge on any atom is 0.223 e. The van der Waals surface area contributed by atoms with Gasteiger partial charge in [-0.2, -0.15) is 0 Å². The van der Waals surface area contributed by atoms with E-state index in [1.165, 1.54) is 6.26 Å². The van der Waals surface area contributed by atoms with Gasteiger partial charge in [0.1, 0.15) is 11.6 Å². The van der Waals surface area contributed by atoms with Crippen LogP contribution in [0.25, 0.3) is 0 Å². The van der Waals surface area contributed by atoms with Gasteiger partial charge >= 0.3 is 0 Å². The Morgan fingerprint density at radius 2 is 2.07 bits per heavy atom. The number of nitrogens with zero attached hydrogens (tertiary/aromatic N) is 4. The highest BCUT2D eigenvalue weighted by Crippen LogP contribution is 2.42. The summed E-state index contributed by atoms with van der Waals surface area (Å²) in [7, 11) is -3.30. The summed E-state index contributed by atoms with van der Waals surface area (Å²) < 4.78 is 26.0. The monoisotopic (exact) mass is 393 g/mol. The lowest BCUT2D eigenvalue weighted by Gasteiger charge is -2.56. The smallest absolute Gasteiger partial charge is 0.223 e. The average Bonchev–Trinajstić information content (AvgIpc) is 2.61. The molecule has 4 heterocycles. The SMILES string of the molecule is Cc1nccc(N2C[C@H]3C[C@@H](C2)[C@H](CNS(C)(=O)=O)N2C(=O)CCC[C@@H]32)n1. The number of amides is 1. The Hall–Kier alpha value is -1.74. The van der Waals surface area contributed by atoms with E-state index in [1.54, 1.807) is 6.20 Å². The van der Waals surface area contributed by atoms with Gasteiger partial charge in [0.05, 0.1) is 12.3 Å². The maximum absolute atomic E-state index is 12.7. The zero-order chi connectivity index (χ0) is 19.2. The molecule has 0 saturated carbocycles. The van der Waals surface area contributed by atoms with Gasteiger partial charge in [-0.1, -0.05) is 0 Å². The highest BCUT2D eigenvalue weighted by atomic mass is 32.2. The number of rotatable bonds is 4. The Morgan fingerprint density at radius 1 is 1.30 bits per heavy atom. The molecule has 8 nitrogen and oxygen atoms in total. The van der Waals surface area contributed by atoms with E-state index in [-0.39, 0.29) is 30.5 Å². The highest BCUT2D eigenvalue weighted by Gasteiger charge is 2.49. The molecule has 0 aromatic carbocycles. The molecule has 0 spiro atoms. The summed E-state index contributed by atoms with van der Waals surface area (Å²) in [6.07, 6.45) is 6.46. The van der Waals surface area contributed by atoms with Crippen molar-refractivity contribution in [2.24, 2.45) is 11.8 Å². The van der Waals surface area contributed by atoms with Crippen LogP contribution in [0.2, 0.25) is 0 Å². The molecular formula is C18H27N5O3S. The lowest BCUT2D eigenvalue weighted by Crippen LogP contribution is -2.67. The van der Waals surface area contributed by atoms with Gasteiger partial charge in [0.15, 0.2) is 0 Å². The predicted octanol–water partition coefficient (Wildman–Crippen LogP) is 0.540. The molecule has 0 radical (unpaired) electrons. The minimum atomic E-state index is -3.30. The fourth-order valence-corrected chi connectivity index (χ4v) is 5.55.